The van der Waals surface area contributed by atoms with Gasteiger partial charge in [-0.3, -0.25) is 9.69 Å². The van der Waals surface area contributed by atoms with Crippen LogP contribution in [0, 0.1) is 17.2 Å². The number of hydrogen-bond donors (Lipinski definition) is 2. The van der Waals surface area contributed by atoms with Crippen molar-refractivity contribution in [1.82, 2.24) is 24.8 Å². The molecule has 1 aromatic heterocycles. The van der Waals surface area contributed by atoms with Gasteiger partial charge in [0.05, 0.1) is 31.4 Å². The second-order valence-corrected chi connectivity index (χ2v) is 11.6. The molecule has 14 heteroatoms. The third-order valence-electron chi connectivity index (χ3n) is 8.45. The van der Waals surface area contributed by atoms with Crippen LogP contribution in [0.25, 0.3) is 11.4 Å². The van der Waals surface area contributed by atoms with Crippen molar-refractivity contribution in [1.29, 1.82) is 5.26 Å². The van der Waals surface area contributed by atoms with Crippen molar-refractivity contribution in [2.24, 2.45) is 5.92 Å². The Bertz CT molecular complexity index is 1560. The third kappa shape index (κ3) is 6.65. The summed E-state index contributed by atoms with van der Waals surface area (Å²) < 4.78 is 41.0. The van der Waals surface area contributed by atoms with Crippen LogP contribution in [0.1, 0.15) is 12.5 Å². The molecule has 0 aliphatic carbocycles. The second kappa shape index (κ2) is 12.9. The van der Waals surface area contributed by atoms with Gasteiger partial charge in [0.1, 0.15) is 24.8 Å². The van der Waals surface area contributed by atoms with Gasteiger partial charge in [-0.25, -0.2) is 18.7 Å². The van der Waals surface area contributed by atoms with Gasteiger partial charge in [0.2, 0.25) is 11.9 Å². The Kier molecular flexibility index (Phi) is 8.75. The number of carbonyl (C=O) groups excluding carboxylic acids is 1. The van der Waals surface area contributed by atoms with Crippen molar-refractivity contribution in [3.8, 4) is 23.2 Å². The summed E-state index contributed by atoms with van der Waals surface area (Å²) in [6, 6.07) is 15.1. The SMILES string of the molecule is C[C@H]1CN(C(=O)CO)CC(F)(F)[C@@H]1Oc1ccc(-c2ncnc(Nc3ccc(N4CCN(C5COC5)CC4)cc3)n2)cc1C#N. The number of hydrogen-bond acceptors (Lipinski definition) is 11. The van der Waals surface area contributed by atoms with E-state index in [9.17, 15) is 10.1 Å². The molecule has 2 atom stereocenters. The lowest BCUT2D eigenvalue weighted by Crippen LogP contribution is -2.59. The van der Waals surface area contributed by atoms with Crippen molar-refractivity contribution >= 4 is 23.2 Å². The fraction of sp³-hybridized carbons (Fsp3) is 0.452. The minimum absolute atomic E-state index is 0.00343. The number of alkyl halides is 2. The van der Waals surface area contributed by atoms with Gasteiger partial charge in [-0.1, -0.05) is 6.92 Å². The molecule has 0 saturated carbocycles. The molecule has 0 unspecified atom stereocenters. The Labute approximate surface area is 259 Å². The number of nitrogens with one attached hydrogen (secondary N) is 1. The number of aliphatic hydroxyl groups excluding tert-OH is 1. The topological polar surface area (TPSA) is 140 Å². The highest BCUT2D eigenvalue weighted by Crippen LogP contribution is 2.36. The van der Waals surface area contributed by atoms with Gasteiger partial charge in [0, 0.05) is 55.6 Å². The molecule has 12 nitrogen and oxygen atoms in total. The predicted octanol–water partition coefficient (Wildman–Crippen LogP) is 2.53. The first-order valence-corrected chi connectivity index (χ1v) is 14.8. The molecule has 6 rings (SSSR count). The van der Waals surface area contributed by atoms with Crippen LogP contribution < -0.4 is 15.0 Å². The molecule has 45 heavy (non-hydrogen) atoms. The van der Waals surface area contributed by atoms with E-state index >= 15 is 8.78 Å². The third-order valence-corrected chi connectivity index (χ3v) is 8.45. The standard InChI is InChI=1S/C31H34F2N8O4/c1-20-14-41(27(43)15-42)18-31(32,33)28(20)45-26-7-2-21(12-22(26)13-34)29-35-19-36-30(38-29)37-23-3-5-24(6-4-23)39-8-10-40(11-9-39)25-16-44-17-25/h2-7,12,19-20,25,28,42H,8-11,14-18H2,1H3,(H,35,36,37,38)/t20-,28+/m0/s1. The van der Waals surface area contributed by atoms with Crippen molar-refractivity contribution < 1.29 is 28.2 Å². The number of nitriles is 1. The Morgan fingerprint density at radius 2 is 1.91 bits per heavy atom. The van der Waals surface area contributed by atoms with E-state index in [1.165, 1.54) is 25.4 Å². The lowest BCUT2D eigenvalue weighted by atomic mass is 9.93. The largest absolute Gasteiger partial charge is 0.482 e. The summed E-state index contributed by atoms with van der Waals surface area (Å²) in [7, 11) is 0. The van der Waals surface area contributed by atoms with Gasteiger partial charge in [-0.05, 0) is 42.5 Å². The van der Waals surface area contributed by atoms with Gasteiger partial charge in [0.25, 0.3) is 0 Å². The fourth-order valence-electron chi connectivity index (χ4n) is 5.92. The van der Waals surface area contributed by atoms with Crippen molar-refractivity contribution in [3.63, 3.8) is 0 Å². The van der Waals surface area contributed by atoms with Crippen molar-refractivity contribution in [3.05, 3.63) is 54.4 Å². The highest BCUT2D eigenvalue weighted by atomic mass is 19.3. The van der Waals surface area contributed by atoms with Crippen molar-refractivity contribution in [2.75, 3.05) is 69.3 Å². The van der Waals surface area contributed by atoms with Crippen LogP contribution >= 0.6 is 0 Å². The number of amides is 1. The molecule has 0 radical (unpaired) electrons. The normalized spacial score (nSPS) is 21.9. The maximum atomic E-state index is 15.0. The maximum Gasteiger partial charge on any atom is 0.301 e. The minimum Gasteiger partial charge on any atom is -0.482 e. The number of nitrogens with zero attached hydrogens (tertiary/aromatic N) is 7. The fourth-order valence-corrected chi connectivity index (χ4v) is 5.92. The highest BCUT2D eigenvalue weighted by molar-refractivity contribution is 5.77. The number of piperidine rings is 1. The number of benzene rings is 2. The number of carbonyl (C=O) groups is 1. The van der Waals surface area contributed by atoms with Crippen LogP contribution in [-0.4, -0.2) is 113 Å². The summed E-state index contributed by atoms with van der Waals surface area (Å²) in [6.07, 6.45) is -0.212. The van der Waals surface area contributed by atoms with Gasteiger partial charge in [-0.15, -0.1) is 0 Å². The summed E-state index contributed by atoms with van der Waals surface area (Å²) in [5, 5.41) is 22.1. The Hall–Kier alpha value is -4.45. The van der Waals surface area contributed by atoms with Crippen LogP contribution in [0.4, 0.5) is 26.1 Å². The summed E-state index contributed by atoms with van der Waals surface area (Å²) in [6.45, 7) is 5.42. The molecular formula is C31H34F2N8O4. The number of ether oxygens (including phenoxy) is 2. The van der Waals surface area contributed by atoms with E-state index < -0.39 is 37.0 Å². The average Bonchev–Trinajstić information content (AvgIpc) is 3.02. The molecule has 236 valence electrons. The summed E-state index contributed by atoms with van der Waals surface area (Å²) in [5.74, 6) is -4.32. The molecule has 2 N–H and O–H groups in total. The van der Waals surface area contributed by atoms with E-state index in [-0.39, 0.29) is 23.7 Å². The summed E-state index contributed by atoms with van der Waals surface area (Å²) in [4.78, 5) is 30.5. The van der Waals surface area contributed by atoms with Gasteiger partial charge in [0.15, 0.2) is 11.9 Å². The monoisotopic (exact) mass is 620 g/mol. The summed E-state index contributed by atoms with van der Waals surface area (Å²) in [5.41, 5.74) is 2.46. The van der Waals surface area contributed by atoms with E-state index in [0.717, 1.165) is 55.7 Å². The lowest BCUT2D eigenvalue weighted by molar-refractivity contribution is -0.174. The van der Waals surface area contributed by atoms with Crippen LogP contribution in [0.2, 0.25) is 0 Å². The number of piperazine rings is 1. The van der Waals surface area contributed by atoms with E-state index in [1.54, 1.807) is 6.07 Å². The number of aliphatic hydroxyl groups is 1. The van der Waals surface area contributed by atoms with Gasteiger partial charge >= 0.3 is 5.92 Å². The molecule has 2 aromatic carbocycles. The van der Waals surface area contributed by atoms with Crippen LogP contribution in [0.5, 0.6) is 5.75 Å². The van der Waals surface area contributed by atoms with Gasteiger partial charge < -0.3 is 29.7 Å². The number of likely N-dealkylation sites (tertiary alicyclic amines) is 1. The second-order valence-electron chi connectivity index (χ2n) is 11.6. The lowest BCUT2D eigenvalue weighted by Gasteiger charge is -2.43. The molecule has 0 spiro atoms. The number of rotatable bonds is 8. The zero-order valence-electron chi connectivity index (χ0n) is 24.8. The predicted molar refractivity (Wildman–Crippen MR) is 160 cm³/mol. The number of halogens is 2. The van der Waals surface area contributed by atoms with E-state index in [0.29, 0.717) is 17.6 Å². The molecule has 3 aliphatic rings. The zero-order chi connectivity index (χ0) is 31.6. The highest BCUT2D eigenvalue weighted by Gasteiger charge is 2.51. The molecule has 1 amide bonds. The zero-order valence-corrected chi connectivity index (χ0v) is 24.8. The van der Waals surface area contributed by atoms with E-state index in [4.69, 9.17) is 14.6 Å². The molecule has 4 heterocycles. The smallest absolute Gasteiger partial charge is 0.301 e. The number of aromatic nitrogens is 3. The van der Waals surface area contributed by atoms with Crippen LogP contribution in [0.15, 0.2) is 48.8 Å². The molecule has 3 saturated heterocycles. The molecular weight excluding hydrogens is 586 g/mol. The van der Waals surface area contributed by atoms with E-state index in [2.05, 4.69) is 42.2 Å². The molecule has 3 aliphatic heterocycles. The van der Waals surface area contributed by atoms with Crippen LogP contribution in [-0.2, 0) is 9.53 Å². The summed E-state index contributed by atoms with van der Waals surface area (Å²) >= 11 is 0. The Morgan fingerprint density at radius 1 is 1.16 bits per heavy atom. The van der Waals surface area contributed by atoms with Crippen LogP contribution in [0.3, 0.4) is 0 Å². The first kappa shape index (κ1) is 30.6. The van der Waals surface area contributed by atoms with Crippen molar-refractivity contribution in [2.45, 2.75) is 25.0 Å². The Morgan fingerprint density at radius 3 is 2.56 bits per heavy atom. The maximum absolute atomic E-state index is 15.0. The minimum atomic E-state index is -3.39. The molecule has 0 bridgehead atoms. The molecule has 3 aromatic rings. The van der Waals surface area contributed by atoms with E-state index in [1.807, 2.05) is 18.2 Å². The molecule has 3 fully saturated rings. The Balaban J connectivity index is 1.11. The first-order chi connectivity index (χ1) is 21.7. The quantitative estimate of drug-likeness (QED) is 0.384. The van der Waals surface area contributed by atoms with Gasteiger partial charge in [-0.2, -0.15) is 10.2 Å². The first-order valence-electron chi connectivity index (χ1n) is 14.8. The average molecular weight is 621 g/mol. The number of anilines is 3.